The number of hydrogen-bond donors (Lipinski definition) is 1. The van der Waals surface area contributed by atoms with Crippen LogP contribution < -0.4 is 5.32 Å². The monoisotopic (exact) mass is 224 g/mol. The standard InChI is InChI=1S/C12H20N2S/c1-9(2)6-11-12(14-8-15-11)10-4-3-5-13-7-10/h8-10,13H,3-7H2,1-2H3. The fourth-order valence-electron chi connectivity index (χ4n) is 2.22. The summed E-state index contributed by atoms with van der Waals surface area (Å²) in [5.41, 5.74) is 3.39. The molecule has 1 atom stereocenters. The second-order valence-corrected chi connectivity index (χ2v) is 5.74. The molecule has 1 N–H and O–H groups in total. The summed E-state index contributed by atoms with van der Waals surface area (Å²) in [4.78, 5) is 6.08. The Kier molecular flexibility index (Phi) is 3.76. The summed E-state index contributed by atoms with van der Waals surface area (Å²) in [6.07, 6.45) is 3.79. The van der Waals surface area contributed by atoms with E-state index in [9.17, 15) is 0 Å². The molecule has 1 aromatic rings. The van der Waals surface area contributed by atoms with E-state index in [2.05, 4.69) is 24.1 Å². The number of rotatable bonds is 3. The number of nitrogens with zero attached hydrogens (tertiary/aromatic N) is 1. The van der Waals surface area contributed by atoms with Gasteiger partial charge in [0.2, 0.25) is 0 Å². The Morgan fingerprint density at radius 3 is 3.13 bits per heavy atom. The minimum absolute atomic E-state index is 0.666. The Balaban J connectivity index is 2.09. The largest absolute Gasteiger partial charge is 0.316 e. The maximum absolute atomic E-state index is 4.57. The first-order valence-electron chi connectivity index (χ1n) is 5.90. The van der Waals surface area contributed by atoms with Gasteiger partial charge in [0.15, 0.2) is 0 Å². The normalized spacial score (nSPS) is 22.2. The molecule has 0 saturated carbocycles. The van der Waals surface area contributed by atoms with Gasteiger partial charge < -0.3 is 5.32 Å². The summed E-state index contributed by atoms with van der Waals surface area (Å²) in [7, 11) is 0. The second kappa shape index (κ2) is 5.08. The van der Waals surface area contributed by atoms with Gasteiger partial charge in [-0.2, -0.15) is 0 Å². The molecule has 1 saturated heterocycles. The Bertz CT molecular complexity index is 300. The Morgan fingerprint density at radius 2 is 2.47 bits per heavy atom. The van der Waals surface area contributed by atoms with E-state index < -0.39 is 0 Å². The van der Waals surface area contributed by atoms with Crippen LogP contribution in [0.5, 0.6) is 0 Å². The molecule has 1 fully saturated rings. The van der Waals surface area contributed by atoms with Crippen molar-refractivity contribution in [3.05, 3.63) is 16.1 Å². The van der Waals surface area contributed by atoms with Gasteiger partial charge in [-0.25, -0.2) is 4.98 Å². The van der Waals surface area contributed by atoms with Gasteiger partial charge in [0.25, 0.3) is 0 Å². The third-order valence-corrected chi connectivity index (χ3v) is 3.82. The highest BCUT2D eigenvalue weighted by Gasteiger charge is 2.20. The second-order valence-electron chi connectivity index (χ2n) is 4.80. The SMILES string of the molecule is CC(C)Cc1scnc1C1CCCNC1. The lowest BCUT2D eigenvalue weighted by atomic mass is 9.94. The average Bonchev–Trinajstić information content (AvgIpc) is 2.66. The van der Waals surface area contributed by atoms with Gasteiger partial charge in [-0.05, 0) is 31.7 Å². The predicted octanol–water partition coefficient (Wildman–Crippen LogP) is 2.81. The van der Waals surface area contributed by atoms with Crippen LogP contribution in [0.15, 0.2) is 5.51 Å². The van der Waals surface area contributed by atoms with Crippen LogP contribution in [-0.4, -0.2) is 18.1 Å². The zero-order valence-electron chi connectivity index (χ0n) is 9.62. The summed E-state index contributed by atoms with van der Waals surface area (Å²) in [5.74, 6) is 1.40. The first-order valence-corrected chi connectivity index (χ1v) is 6.78. The van der Waals surface area contributed by atoms with Crippen LogP contribution in [-0.2, 0) is 6.42 Å². The van der Waals surface area contributed by atoms with Gasteiger partial charge in [-0.3, -0.25) is 0 Å². The molecule has 2 nitrogen and oxygen atoms in total. The van der Waals surface area contributed by atoms with E-state index in [0.29, 0.717) is 5.92 Å². The van der Waals surface area contributed by atoms with Crippen molar-refractivity contribution >= 4 is 11.3 Å². The lowest BCUT2D eigenvalue weighted by Gasteiger charge is -2.22. The molecule has 1 unspecified atom stereocenters. The lowest BCUT2D eigenvalue weighted by Crippen LogP contribution is -2.29. The van der Waals surface area contributed by atoms with Crippen LogP contribution in [0.3, 0.4) is 0 Å². The van der Waals surface area contributed by atoms with E-state index >= 15 is 0 Å². The third kappa shape index (κ3) is 2.79. The number of thiazole rings is 1. The summed E-state index contributed by atoms with van der Waals surface area (Å²) in [6.45, 7) is 6.86. The van der Waals surface area contributed by atoms with Crippen molar-refractivity contribution in [2.24, 2.45) is 5.92 Å². The highest BCUT2D eigenvalue weighted by Crippen LogP contribution is 2.28. The van der Waals surface area contributed by atoms with Crippen LogP contribution >= 0.6 is 11.3 Å². The lowest BCUT2D eigenvalue weighted by molar-refractivity contribution is 0.452. The Labute approximate surface area is 96.1 Å². The molecule has 0 aromatic carbocycles. The number of piperidine rings is 1. The zero-order valence-corrected chi connectivity index (χ0v) is 10.4. The van der Waals surface area contributed by atoms with Crippen LogP contribution in [0.1, 0.15) is 43.2 Å². The average molecular weight is 224 g/mol. The molecule has 0 spiro atoms. The predicted molar refractivity (Wildman–Crippen MR) is 65.5 cm³/mol. The summed E-state index contributed by atoms with van der Waals surface area (Å²) < 4.78 is 0. The fourth-order valence-corrected chi connectivity index (χ4v) is 3.28. The van der Waals surface area contributed by atoms with Crippen molar-refractivity contribution < 1.29 is 0 Å². The number of aromatic nitrogens is 1. The van der Waals surface area contributed by atoms with Crippen molar-refractivity contribution in [3.63, 3.8) is 0 Å². The quantitative estimate of drug-likeness (QED) is 0.854. The van der Waals surface area contributed by atoms with Gasteiger partial charge in [0.1, 0.15) is 0 Å². The van der Waals surface area contributed by atoms with Crippen molar-refractivity contribution in [2.45, 2.75) is 39.0 Å². The van der Waals surface area contributed by atoms with Crippen molar-refractivity contribution in [1.29, 1.82) is 0 Å². The molecule has 2 rings (SSSR count). The highest BCUT2D eigenvalue weighted by molar-refractivity contribution is 7.09. The van der Waals surface area contributed by atoms with E-state index in [1.54, 1.807) is 0 Å². The zero-order chi connectivity index (χ0) is 10.7. The van der Waals surface area contributed by atoms with E-state index in [4.69, 9.17) is 0 Å². The highest BCUT2D eigenvalue weighted by atomic mass is 32.1. The molecule has 2 heterocycles. The molecule has 84 valence electrons. The van der Waals surface area contributed by atoms with Crippen molar-refractivity contribution in [1.82, 2.24) is 10.3 Å². The van der Waals surface area contributed by atoms with Crippen molar-refractivity contribution in [2.75, 3.05) is 13.1 Å². The molecule has 0 radical (unpaired) electrons. The van der Waals surface area contributed by atoms with Crippen LogP contribution in [0.4, 0.5) is 0 Å². The topological polar surface area (TPSA) is 24.9 Å². The first kappa shape index (κ1) is 11.1. The molecule has 1 aliphatic rings. The molecule has 15 heavy (non-hydrogen) atoms. The van der Waals surface area contributed by atoms with Gasteiger partial charge in [0.05, 0.1) is 11.2 Å². The smallest absolute Gasteiger partial charge is 0.0797 e. The molecule has 0 bridgehead atoms. The van der Waals surface area contributed by atoms with Crippen molar-refractivity contribution in [3.8, 4) is 0 Å². The molecule has 0 aliphatic carbocycles. The fraction of sp³-hybridized carbons (Fsp3) is 0.750. The molecular weight excluding hydrogens is 204 g/mol. The number of nitrogens with one attached hydrogen (secondary N) is 1. The van der Waals surface area contributed by atoms with Crippen LogP contribution in [0, 0.1) is 5.92 Å². The molecule has 3 heteroatoms. The summed E-state index contributed by atoms with van der Waals surface area (Å²) in [5, 5.41) is 3.47. The summed E-state index contributed by atoms with van der Waals surface area (Å²) in [6, 6.07) is 0. The van der Waals surface area contributed by atoms with E-state index in [1.807, 2.05) is 16.8 Å². The minimum atomic E-state index is 0.666. The van der Waals surface area contributed by atoms with Gasteiger partial charge in [-0.1, -0.05) is 13.8 Å². The van der Waals surface area contributed by atoms with Gasteiger partial charge in [-0.15, -0.1) is 11.3 Å². The van der Waals surface area contributed by atoms with Crippen LogP contribution in [0.2, 0.25) is 0 Å². The van der Waals surface area contributed by atoms with Gasteiger partial charge >= 0.3 is 0 Å². The maximum Gasteiger partial charge on any atom is 0.0797 e. The van der Waals surface area contributed by atoms with Crippen LogP contribution in [0.25, 0.3) is 0 Å². The van der Waals surface area contributed by atoms with E-state index in [1.165, 1.54) is 36.4 Å². The molecular formula is C12H20N2S. The minimum Gasteiger partial charge on any atom is -0.316 e. The van der Waals surface area contributed by atoms with E-state index in [-0.39, 0.29) is 0 Å². The molecule has 1 aromatic heterocycles. The first-order chi connectivity index (χ1) is 7.27. The third-order valence-electron chi connectivity index (χ3n) is 2.95. The van der Waals surface area contributed by atoms with Gasteiger partial charge in [0, 0.05) is 17.3 Å². The Morgan fingerprint density at radius 1 is 1.60 bits per heavy atom. The number of hydrogen-bond acceptors (Lipinski definition) is 3. The summed E-state index contributed by atoms with van der Waals surface area (Å²) >= 11 is 1.83. The van der Waals surface area contributed by atoms with E-state index in [0.717, 1.165) is 12.5 Å². The molecule has 0 amide bonds. The Hall–Kier alpha value is -0.410. The maximum atomic E-state index is 4.57. The molecule has 1 aliphatic heterocycles.